The second-order valence-electron chi connectivity index (χ2n) is 1.56. The fraction of sp³-hybridized carbons (Fsp3) is 1.00. The zero-order valence-electron chi connectivity index (χ0n) is 4.25. The normalized spacial score (nSPS) is 12.6. The van der Waals surface area contributed by atoms with E-state index in [0.717, 1.165) is 0 Å². The molecule has 0 aliphatic heterocycles. The summed E-state index contributed by atoms with van der Waals surface area (Å²) in [4.78, 5) is 3.24. The molecule has 0 aromatic carbocycles. The van der Waals surface area contributed by atoms with Gasteiger partial charge in [-0.1, -0.05) is 0 Å². The van der Waals surface area contributed by atoms with Crippen LogP contribution in [0.15, 0.2) is 0 Å². The molecule has 0 saturated carbocycles. The maximum absolute atomic E-state index is 9.98. The van der Waals surface area contributed by atoms with E-state index in [1.807, 2.05) is 0 Å². The molecule has 0 atom stereocenters. The zero-order chi connectivity index (χ0) is 6.08. The average molecular weight is 231 g/mol. The first-order chi connectivity index (χ1) is 2.94. The molecule has 0 rings (SSSR count). The van der Waals surface area contributed by atoms with Crippen LogP contribution in [0.5, 0.6) is 0 Å². The molecule has 0 heterocycles. The van der Waals surface area contributed by atoms with Crippen LogP contribution in [0.25, 0.3) is 0 Å². The van der Waals surface area contributed by atoms with Crippen LogP contribution in [0.4, 0.5) is 0 Å². The van der Waals surface area contributed by atoms with Gasteiger partial charge in [-0.2, -0.15) is 0 Å². The van der Waals surface area contributed by atoms with E-state index in [1.54, 1.807) is 9.88 Å². The third-order valence-electron chi connectivity index (χ3n) is 0.596. The first-order valence-corrected chi connectivity index (χ1v) is 14.0. The van der Waals surface area contributed by atoms with Gasteiger partial charge in [-0.15, -0.1) is 0 Å². The van der Waals surface area contributed by atoms with E-state index in [4.69, 9.17) is 4.55 Å². The molecule has 7 heavy (non-hydrogen) atoms. The van der Waals surface area contributed by atoms with Crippen LogP contribution in [-0.4, -0.2) is 31.3 Å². The average Bonchev–Trinajstić information content (AvgIpc) is 1.31. The van der Waals surface area contributed by atoms with E-state index < -0.39 is 25.7 Å². The van der Waals surface area contributed by atoms with E-state index in [0.29, 0.717) is 0 Å². The predicted octanol–water partition coefficient (Wildman–Crippen LogP) is -0.142. The molecular weight excluding hydrogens is 223 g/mol. The molecule has 0 saturated heterocycles. The Hall–Kier alpha value is 0.709. The van der Waals surface area contributed by atoms with Crippen LogP contribution >= 0.6 is 0 Å². The van der Waals surface area contributed by atoms with Crippen molar-refractivity contribution in [2.45, 2.75) is 9.88 Å². The van der Waals surface area contributed by atoms with Crippen molar-refractivity contribution in [2.24, 2.45) is 0 Å². The quantitative estimate of drug-likeness (QED) is 0.504. The van der Waals surface area contributed by atoms with E-state index in [9.17, 15) is 8.42 Å². The van der Waals surface area contributed by atoms with Crippen LogP contribution in [0.1, 0.15) is 0 Å². The third-order valence-corrected chi connectivity index (χ3v) is 12.0. The van der Waals surface area contributed by atoms with Crippen LogP contribution in [0.2, 0.25) is 9.88 Å². The molecule has 0 aromatic heterocycles. The van der Waals surface area contributed by atoms with Crippen molar-refractivity contribution in [3.63, 3.8) is 0 Å². The summed E-state index contributed by atoms with van der Waals surface area (Å²) in [6.45, 7) is 0. The Kier molecular flexibility index (Phi) is 2.55. The molecule has 0 unspecified atom stereocenters. The molecule has 0 aliphatic rings. The molecule has 3 nitrogen and oxygen atoms in total. The second kappa shape index (κ2) is 2.32. The molecule has 1 N–H and O–H groups in total. The summed E-state index contributed by atoms with van der Waals surface area (Å²) in [6, 6.07) is 0. The van der Waals surface area contributed by atoms with Crippen molar-refractivity contribution < 1.29 is 13.0 Å². The van der Waals surface area contributed by atoms with Gasteiger partial charge in [0, 0.05) is 0 Å². The van der Waals surface area contributed by atoms with Gasteiger partial charge in [-0.3, -0.25) is 0 Å². The number of hydrogen-bond donors (Lipinski definition) is 1. The van der Waals surface area contributed by atoms with Crippen LogP contribution in [0, 0.1) is 0 Å². The van der Waals surface area contributed by atoms with Gasteiger partial charge in [0.15, 0.2) is 0 Å². The van der Waals surface area contributed by atoms with Gasteiger partial charge < -0.3 is 0 Å². The molecule has 44 valence electrons. The Labute approximate surface area is 48.7 Å². The first-order valence-electron chi connectivity index (χ1n) is 1.91. The summed E-state index contributed by atoms with van der Waals surface area (Å²) < 4.78 is 28.1. The topological polar surface area (TPSA) is 54.4 Å². The van der Waals surface area contributed by atoms with Gasteiger partial charge in [-0.05, 0) is 0 Å². The Balaban J connectivity index is 4.10. The summed E-state index contributed by atoms with van der Waals surface area (Å²) in [5.74, 6) is 0. The molecule has 0 amide bonds. The van der Waals surface area contributed by atoms with Gasteiger partial charge >= 0.3 is 48.5 Å². The molecule has 0 aliphatic carbocycles. The van der Waals surface area contributed by atoms with Gasteiger partial charge in [0.2, 0.25) is 0 Å². The summed E-state index contributed by atoms with van der Waals surface area (Å²) in [5, 5.41) is 0. The fourth-order valence-electron chi connectivity index (χ4n) is 0. The molecule has 0 bridgehead atoms. The SMILES string of the molecule is [CH3][SnH]([CH3])[S](=O)(=O)O. The van der Waals surface area contributed by atoms with Crippen molar-refractivity contribution in [3.8, 4) is 0 Å². The van der Waals surface area contributed by atoms with Crippen molar-refractivity contribution in [2.75, 3.05) is 0 Å². The Bertz CT molecular complexity index is 135. The van der Waals surface area contributed by atoms with E-state index in [2.05, 4.69) is 0 Å². The summed E-state index contributed by atoms with van der Waals surface area (Å²) in [6.07, 6.45) is 0. The Morgan fingerprint density at radius 1 is 1.43 bits per heavy atom. The third kappa shape index (κ3) is 3.30. The monoisotopic (exact) mass is 232 g/mol. The maximum atomic E-state index is 9.98. The fourth-order valence-corrected chi connectivity index (χ4v) is 0. The second-order valence-corrected chi connectivity index (χ2v) is 20.0. The van der Waals surface area contributed by atoms with Crippen molar-refractivity contribution in [3.05, 3.63) is 0 Å². The molecule has 0 spiro atoms. The Morgan fingerprint density at radius 3 is 1.57 bits per heavy atom. The number of rotatable bonds is 1. The minimum absolute atomic E-state index is 1.62. The molecular formula is C2H8O3SSn. The predicted molar refractivity (Wildman–Crippen MR) is 30.4 cm³/mol. The van der Waals surface area contributed by atoms with Crippen LogP contribution in [-0.2, 0) is 7.30 Å². The Morgan fingerprint density at radius 2 is 1.57 bits per heavy atom. The molecule has 0 aromatic rings. The van der Waals surface area contributed by atoms with Gasteiger partial charge in [0.1, 0.15) is 0 Å². The standard InChI is InChI=1S/2CH3.HO3S.Sn.H/c;;1-4(2)3;;/h2*1H3;(H,1,2,3);;. The van der Waals surface area contributed by atoms with Crippen molar-refractivity contribution >= 4 is 25.7 Å². The summed E-state index contributed by atoms with van der Waals surface area (Å²) in [7, 11) is -3.53. The minimum atomic E-state index is -3.53. The zero-order valence-corrected chi connectivity index (χ0v) is 8.36. The van der Waals surface area contributed by atoms with Crippen LogP contribution in [0.3, 0.4) is 0 Å². The summed E-state index contributed by atoms with van der Waals surface area (Å²) in [5.41, 5.74) is 0. The van der Waals surface area contributed by atoms with Crippen molar-refractivity contribution in [1.29, 1.82) is 0 Å². The van der Waals surface area contributed by atoms with E-state index in [1.165, 1.54) is 0 Å². The van der Waals surface area contributed by atoms with E-state index >= 15 is 0 Å². The van der Waals surface area contributed by atoms with Gasteiger partial charge in [0.25, 0.3) is 0 Å². The van der Waals surface area contributed by atoms with Crippen molar-refractivity contribution in [1.82, 2.24) is 0 Å². The molecule has 0 radical (unpaired) electrons. The van der Waals surface area contributed by atoms with Crippen LogP contribution < -0.4 is 0 Å². The van der Waals surface area contributed by atoms with E-state index in [-0.39, 0.29) is 0 Å². The number of hydrogen-bond acceptors (Lipinski definition) is 2. The van der Waals surface area contributed by atoms with Gasteiger partial charge in [-0.25, -0.2) is 0 Å². The molecule has 5 heteroatoms. The first kappa shape index (κ1) is 7.71. The summed E-state index contributed by atoms with van der Waals surface area (Å²) >= 11 is -2.42. The van der Waals surface area contributed by atoms with Gasteiger partial charge in [0.05, 0.1) is 0 Å². The molecule has 0 fully saturated rings.